The first-order valence-corrected chi connectivity index (χ1v) is 17.4. The SMILES string of the molecule is CCCCC(CC)COCCCNc1nc(SCC(CC)CCCC)nc(SCC(CC)CCCC)n1. The highest BCUT2D eigenvalue weighted by atomic mass is 32.2. The second-order valence-electron chi connectivity index (χ2n) is 10.5. The van der Waals surface area contributed by atoms with Gasteiger partial charge in [-0.1, -0.05) is 123 Å². The first-order valence-electron chi connectivity index (χ1n) is 15.4. The molecule has 0 amide bonds. The number of thioether (sulfide) groups is 2. The summed E-state index contributed by atoms with van der Waals surface area (Å²) in [7, 11) is 0. The summed E-state index contributed by atoms with van der Waals surface area (Å²) >= 11 is 3.61. The van der Waals surface area contributed by atoms with Crippen molar-refractivity contribution in [1.82, 2.24) is 15.0 Å². The maximum atomic E-state index is 5.99. The molecule has 0 aliphatic carbocycles. The lowest BCUT2D eigenvalue weighted by atomic mass is 10.0. The summed E-state index contributed by atoms with van der Waals surface area (Å²) < 4.78 is 5.99. The van der Waals surface area contributed by atoms with Gasteiger partial charge in [-0.15, -0.1) is 0 Å². The lowest BCUT2D eigenvalue weighted by Crippen LogP contribution is -2.13. The van der Waals surface area contributed by atoms with Crippen LogP contribution in [0.2, 0.25) is 0 Å². The number of ether oxygens (including phenoxy) is 1. The van der Waals surface area contributed by atoms with E-state index in [2.05, 4.69) is 46.9 Å². The minimum Gasteiger partial charge on any atom is -0.381 e. The van der Waals surface area contributed by atoms with E-state index in [1.807, 2.05) is 0 Å². The summed E-state index contributed by atoms with van der Waals surface area (Å²) in [6.07, 6.45) is 16.2. The van der Waals surface area contributed by atoms with Crippen molar-refractivity contribution >= 4 is 29.5 Å². The van der Waals surface area contributed by atoms with Crippen LogP contribution < -0.4 is 5.32 Å². The number of unbranched alkanes of at least 4 members (excludes halogenated alkanes) is 3. The molecule has 0 radical (unpaired) electrons. The van der Waals surface area contributed by atoms with Gasteiger partial charge >= 0.3 is 0 Å². The van der Waals surface area contributed by atoms with Crippen molar-refractivity contribution in [2.75, 3.05) is 36.6 Å². The fraction of sp³-hybridized carbons (Fsp3) is 0.900. The van der Waals surface area contributed by atoms with Crippen molar-refractivity contribution in [3.05, 3.63) is 0 Å². The number of nitrogens with one attached hydrogen (secondary N) is 1. The van der Waals surface area contributed by atoms with Crippen LogP contribution in [0.4, 0.5) is 5.95 Å². The second kappa shape index (κ2) is 23.4. The fourth-order valence-electron chi connectivity index (χ4n) is 4.25. The van der Waals surface area contributed by atoms with Gasteiger partial charge in [-0.05, 0) is 43.4 Å². The van der Waals surface area contributed by atoms with Crippen LogP contribution >= 0.6 is 23.5 Å². The highest BCUT2D eigenvalue weighted by Crippen LogP contribution is 2.27. The van der Waals surface area contributed by atoms with Gasteiger partial charge in [-0.2, -0.15) is 15.0 Å². The second-order valence-corrected chi connectivity index (χ2v) is 12.4. The Morgan fingerprint density at radius 1 is 0.649 bits per heavy atom. The summed E-state index contributed by atoms with van der Waals surface area (Å²) in [6, 6.07) is 0. The number of nitrogens with zero attached hydrogens (tertiary/aromatic N) is 3. The minimum atomic E-state index is 0.698. The molecular formula is C30H58N4OS2. The Hall–Kier alpha value is -0.530. The quantitative estimate of drug-likeness (QED) is 0.0953. The van der Waals surface area contributed by atoms with Crippen molar-refractivity contribution in [2.24, 2.45) is 17.8 Å². The zero-order valence-electron chi connectivity index (χ0n) is 25.0. The molecule has 1 aromatic heterocycles. The third-order valence-electron chi connectivity index (χ3n) is 7.22. The van der Waals surface area contributed by atoms with Crippen LogP contribution in [0.3, 0.4) is 0 Å². The first kappa shape index (κ1) is 34.5. The standard InChI is InChI=1S/C30H58N4OS2/c1-7-13-17-25(10-4)22-35-21-16-20-31-28-32-29(36-23-26(11-5)18-14-8-2)34-30(33-28)37-24-27(12-6)19-15-9-3/h25-27H,7-24H2,1-6H3,(H,31,32,33,34). The number of aromatic nitrogens is 3. The molecule has 0 spiro atoms. The zero-order valence-corrected chi connectivity index (χ0v) is 26.7. The minimum absolute atomic E-state index is 0.698. The molecule has 0 aromatic carbocycles. The molecule has 1 N–H and O–H groups in total. The van der Waals surface area contributed by atoms with Gasteiger partial charge in [0.2, 0.25) is 5.95 Å². The monoisotopic (exact) mass is 554 g/mol. The molecule has 3 unspecified atom stereocenters. The molecule has 1 aromatic rings. The molecule has 0 saturated carbocycles. The highest BCUT2D eigenvalue weighted by molar-refractivity contribution is 7.99. The predicted octanol–water partition coefficient (Wildman–Crippen LogP) is 9.52. The lowest BCUT2D eigenvalue weighted by molar-refractivity contribution is 0.0937. The van der Waals surface area contributed by atoms with Crippen molar-refractivity contribution in [1.29, 1.82) is 0 Å². The van der Waals surface area contributed by atoms with Gasteiger partial charge in [0, 0.05) is 31.3 Å². The normalized spacial score (nSPS) is 14.0. The van der Waals surface area contributed by atoms with E-state index in [1.54, 1.807) is 23.5 Å². The van der Waals surface area contributed by atoms with Crippen LogP contribution in [0.15, 0.2) is 10.3 Å². The van der Waals surface area contributed by atoms with Gasteiger partial charge in [0.15, 0.2) is 10.3 Å². The highest BCUT2D eigenvalue weighted by Gasteiger charge is 2.14. The molecule has 216 valence electrons. The smallest absolute Gasteiger partial charge is 0.227 e. The Kier molecular flexibility index (Phi) is 21.8. The van der Waals surface area contributed by atoms with Gasteiger partial charge in [-0.25, -0.2) is 0 Å². The van der Waals surface area contributed by atoms with Crippen LogP contribution in [0.5, 0.6) is 0 Å². The molecule has 3 atom stereocenters. The Morgan fingerprint density at radius 3 is 1.59 bits per heavy atom. The molecular weight excluding hydrogens is 496 g/mol. The van der Waals surface area contributed by atoms with E-state index < -0.39 is 0 Å². The first-order chi connectivity index (χ1) is 18.1. The molecule has 5 nitrogen and oxygen atoms in total. The summed E-state index contributed by atoms with van der Waals surface area (Å²) in [6.45, 7) is 16.2. The molecule has 0 fully saturated rings. The van der Waals surface area contributed by atoms with Crippen molar-refractivity contribution < 1.29 is 4.74 Å². The van der Waals surface area contributed by atoms with Gasteiger partial charge in [0.05, 0.1) is 0 Å². The zero-order chi connectivity index (χ0) is 27.1. The van der Waals surface area contributed by atoms with Gasteiger partial charge < -0.3 is 10.1 Å². The number of anilines is 1. The van der Waals surface area contributed by atoms with Crippen LogP contribution in [-0.4, -0.2) is 46.2 Å². The van der Waals surface area contributed by atoms with E-state index in [1.165, 1.54) is 77.0 Å². The van der Waals surface area contributed by atoms with Gasteiger partial charge in [0.25, 0.3) is 0 Å². The molecule has 0 aliphatic heterocycles. The molecule has 37 heavy (non-hydrogen) atoms. The molecule has 0 bridgehead atoms. The summed E-state index contributed by atoms with van der Waals surface area (Å²) in [4.78, 5) is 14.4. The lowest BCUT2D eigenvalue weighted by Gasteiger charge is -2.16. The third-order valence-corrected chi connectivity index (χ3v) is 9.38. The van der Waals surface area contributed by atoms with Gasteiger partial charge in [-0.3, -0.25) is 0 Å². The third kappa shape index (κ3) is 16.9. The topological polar surface area (TPSA) is 59.9 Å². The molecule has 1 heterocycles. The van der Waals surface area contributed by atoms with Crippen LogP contribution in [0.25, 0.3) is 0 Å². The van der Waals surface area contributed by atoms with Crippen LogP contribution in [0.1, 0.15) is 125 Å². The van der Waals surface area contributed by atoms with E-state index in [4.69, 9.17) is 19.7 Å². The average Bonchev–Trinajstić information content (AvgIpc) is 2.92. The summed E-state index contributed by atoms with van der Waals surface area (Å²) in [5.41, 5.74) is 0. The summed E-state index contributed by atoms with van der Waals surface area (Å²) in [5.74, 6) is 5.05. The average molecular weight is 555 g/mol. The Labute approximate surface area is 238 Å². The largest absolute Gasteiger partial charge is 0.381 e. The number of rotatable bonds is 25. The Bertz CT molecular complexity index is 626. The number of hydrogen-bond acceptors (Lipinski definition) is 7. The molecule has 1 rings (SSSR count). The number of hydrogen-bond donors (Lipinski definition) is 1. The Morgan fingerprint density at radius 2 is 1.14 bits per heavy atom. The molecule has 7 heteroatoms. The Balaban J connectivity index is 2.67. The van der Waals surface area contributed by atoms with E-state index in [0.717, 1.165) is 65.8 Å². The van der Waals surface area contributed by atoms with E-state index >= 15 is 0 Å². The maximum Gasteiger partial charge on any atom is 0.227 e. The summed E-state index contributed by atoms with van der Waals surface area (Å²) in [5, 5.41) is 5.20. The van der Waals surface area contributed by atoms with E-state index in [9.17, 15) is 0 Å². The molecule has 0 aliphatic rings. The van der Waals surface area contributed by atoms with Crippen LogP contribution in [0, 0.1) is 17.8 Å². The van der Waals surface area contributed by atoms with Crippen LogP contribution in [-0.2, 0) is 4.74 Å². The van der Waals surface area contributed by atoms with E-state index in [-0.39, 0.29) is 0 Å². The fourth-order valence-corrected chi connectivity index (χ4v) is 6.49. The van der Waals surface area contributed by atoms with Crippen molar-refractivity contribution in [3.63, 3.8) is 0 Å². The molecule has 0 saturated heterocycles. The maximum absolute atomic E-state index is 5.99. The van der Waals surface area contributed by atoms with Crippen molar-refractivity contribution in [3.8, 4) is 0 Å². The van der Waals surface area contributed by atoms with Crippen molar-refractivity contribution in [2.45, 2.75) is 135 Å². The predicted molar refractivity (Wildman–Crippen MR) is 165 cm³/mol. The van der Waals surface area contributed by atoms with E-state index in [0.29, 0.717) is 5.92 Å². The van der Waals surface area contributed by atoms with Gasteiger partial charge in [0.1, 0.15) is 0 Å².